The number of carbonyl (C=O) groups excluding carboxylic acids is 2. The van der Waals surface area contributed by atoms with Crippen LogP contribution >= 0.6 is 11.8 Å². The van der Waals surface area contributed by atoms with E-state index in [-0.39, 0.29) is 12.4 Å². The molecule has 1 aromatic heterocycles. The van der Waals surface area contributed by atoms with Gasteiger partial charge in [0.2, 0.25) is 5.76 Å². The highest BCUT2D eigenvalue weighted by molar-refractivity contribution is 7.97. The maximum atomic E-state index is 12.6. The Bertz CT molecular complexity index is 1070. The van der Waals surface area contributed by atoms with Gasteiger partial charge in [0.25, 0.3) is 5.91 Å². The number of para-hydroxylation sites is 1. The van der Waals surface area contributed by atoms with Crippen LogP contribution in [0.3, 0.4) is 0 Å². The number of esters is 1. The molecule has 0 spiro atoms. The van der Waals surface area contributed by atoms with Gasteiger partial charge in [-0.2, -0.15) is 11.8 Å². The van der Waals surface area contributed by atoms with Gasteiger partial charge < -0.3 is 19.2 Å². The maximum absolute atomic E-state index is 12.6. The molecule has 2 heterocycles. The summed E-state index contributed by atoms with van der Waals surface area (Å²) >= 11 is 1.59. The number of ether oxygens (including phenoxy) is 2. The zero-order valence-corrected chi connectivity index (χ0v) is 18.8. The van der Waals surface area contributed by atoms with Gasteiger partial charge in [0, 0.05) is 42.0 Å². The van der Waals surface area contributed by atoms with Crippen LogP contribution in [0.15, 0.2) is 52.9 Å². The molecule has 4 rings (SSSR count). The third-order valence-electron chi connectivity index (χ3n) is 5.25. The van der Waals surface area contributed by atoms with Crippen molar-refractivity contribution in [3.8, 4) is 0 Å². The highest BCUT2D eigenvalue weighted by Gasteiger charge is 2.22. The van der Waals surface area contributed by atoms with E-state index < -0.39 is 11.9 Å². The van der Waals surface area contributed by atoms with Crippen LogP contribution in [0.2, 0.25) is 0 Å². The zero-order valence-electron chi connectivity index (χ0n) is 18.0. The van der Waals surface area contributed by atoms with E-state index >= 15 is 0 Å². The Morgan fingerprint density at radius 3 is 2.59 bits per heavy atom. The van der Waals surface area contributed by atoms with Gasteiger partial charge in [0.05, 0.1) is 13.2 Å². The van der Waals surface area contributed by atoms with Crippen LogP contribution in [0.1, 0.15) is 21.7 Å². The standard InChI is InChI=1S/C24H26N2O5S/c1-32-16-20-19-4-2-3-5-21(19)31-23(20)24(28)30-15-22(27)25-18-8-6-17(7-9-18)14-26-10-12-29-13-11-26/h2-9H,10-16H2,1H3,(H,25,27). The molecule has 0 bridgehead atoms. The Kier molecular flexibility index (Phi) is 7.47. The lowest BCUT2D eigenvalue weighted by atomic mass is 10.1. The van der Waals surface area contributed by atoms with Crippen molar-refractivity contribution in [2.45, 2.75) is 12.3 Å². The number of nitrogens with zero attached hydrogens (tertiary/aromatic N) is 1. The van der Waals surface area contributed by atoms with Crippen LogP contribution in [0.25, 0.3) is 11.0 Å². The Balaban J connectivity index is 1.31. The van der Waals surface area contributed by atoms with E-state index in [0.29, 0.717) is 17.0 Å². The van der Waals surface area contributed by atoms with Gasteiger partial charge in [0.1, 0.15) is 5.58 Å². The van der Waals surface area contributed by atoms with Crippen molar-refractivity contribution >= 4 is 40.3 Å². The highest BCUT2D eigenvalue weighted by Crippen LogP contribution is 2.29. The number of furan rings is 1. The smallest absolute Gasteiger partial charge is 0.375 e. The van der Waals surface area contributed by atoms with Crippen LogP contribution in [-0.2, 0) is 26.6 Å². The number of thioether (sulfide) groups is 1. The Labute approximate surface area is 191 Å². The van der Waals surface area contributed by atoms with Crippen LogP contribution < -0.4 is 5.32 Å². The van der Waals surface area contributed by atoms with Gasteiger partial charge in [0.15, 0.2) is 6.61 Å². The summed E-state index contributed by atoms with van der Waals surface area (Å²) in [6, 6.07) is 15.2. The third-order valence-corrected chi connectivity index (χ3v) is 5.83. The lowest BCUT2D eigenvalue weighted by Crippen LogP contribution is -2.35. The molecular formula is C24H26N2O5S. The molecule has 32 heavy (non-hydrogen) atoms. The van der Waals surface area contributed by atoms with Gasteiger partial charge in [-0.05, 0) is 30.0 Å². The summed E-state index contributed by atoms with van der Waals surface area (Å²) in [6.07, 6.45) is 1.95. The fourth-order valence-electron chi connectivity index (χ4n) is 3.66. The second-order valence-electron chi connectivity index (χ2n) is 7.55. The van der Waals surface area contributed by atoms with E-state index in [0.717, 1.165) is 43.8 Å². The number of morpholine rings is 1. The first-order valence-corrected chi connectivity index (χ1v) is 11.9. The molecule has 0 unspecified atom stereocenters. The van der Waals surface area contributed by atoms with Crippen molar-refractivity contribution < 1.29 is 23.5 Å². The molecule has 1 aliphatic rings. The van der Waals surface area contributed by atoms with Crippen molar-refractivity contribution in [3.63, 3.8) is 0 Å². The molecule has 0 radical (unpaired) electrons. The molecule has 1 aliphatic heterocycles. The second kappa shape index (κ2) is 10.7. The molecule has 168 valence electrons. The Hall–Kier alpha value is -2.81. The molecular weight excluding hydrogens is 428 g/mol. The van der Waals surface area contributed by atoms with Gasteiger partial charge in [-0.1, -0.05) is 30.3 Å². The molecule has 0 saturated carbocycles. The summed E-state index contributed by atoms with van der Waals surface area (Å²) in [6.45, 7) is 3.84. The van der Waals surface area contributed by atoms with Crippen LogP contribution in [-0.4, -0.2) is 55.9 Å². The predicted octanol–water partition coefficient (Wildman–Crippen LogP) is 3.92. The SMILES string of the molecule is CSCc1c(C(=O)OCC(=O)Nc2ccc(CN3CCOCC3)cc2)oc2ccccc12. The number of amides is 1. The van der Waals surface area contributed by atoms with Crippen molar-refractivity contribution in [2.24, 2.45) is 0 Å². The number of nitrogens with one attached hydrogen (secondary N) is 1. The number of hydrogen-bond acceptors (Lipinski definition) is 7. The van der Waals surface area contributed by atoms with Crippen molar-refractivity contribution in [3.05, 3.63) is 65.4 Å². The summed E-state index contributed by atoms with van der Waals surface area (Å²) in [7, 11) is 0. The molecule has 1 saturated heterocycles. The van der Waals surface area contributed by atoms with Crippen LogP contribution in [0, 0.1) is 0 Å². The average molecular weight is 455 g/mol. The van der Waals surface area contributed by atoms with E-state index in [1.807, 2.05) is 54.8 Å². The molecule has 0 atom stereocenters. The van der Waals surface area contributed by atoms with Crippen molar-refractivity contribution in [1.29, 1.82) is 0 Å². The van der Waals surface area contributed by atoms with E-state index in [1.54, 1.807) is 11.8 Å². The molecule has 1 fully saturated rings. The van der Waals surface area contributed by atoms with Gasteiger partial charge in [-0.15, -0.1) is 0 Å². The second-order valence-corrected chi connectivity index (χ2v) is 8.41. The first-order valence-electron chi connectivity index (χ1n) is 10.5. The lowest BCUT2D eigenvalue weighted by Gasteiger charge is -2.26. The molecule has 8 heteroatoms. The zero-order chi connectivity index (χ0) is 22.3. The predicted molar refractivity (Wildman–Crippen MR) is 125 cm³/mol. The lowest BCUT2D eigenvalue weighted by molar-refractivity contribution is -0.119. The molecule has 0 aliphatic carbocycles. The summed E-state index contributed by atoms with van der Waals surface area (Å²) in [5, 5.41) is 3.65. The third kappa shape index (κ3) is 5.51. The van der Waals surface area contributed by atoms with Crippen LogP contribution in [0.5, 0.6) is 0 Å². The van der Waals surface area contributed by atoms with Gasteiger partial charge in [-0.3, -0.25) is 9.69 Å². The minimum Gasteiger partial charge on any atom is -0.450 e. The minimum absolute atomic E-state index is 0.154. The molecule has 2 aromatic carbocycles. The maximum Gasteiger partial charge on any atom is 0.375 e. The number of benzene rings is 2. The van der Waals surface area contributed by atoms with E-state index in [1.165, 1.54) is 5.56 Å². The Morgan fingerprint density at radius 1 is 1.09 bits per heavy atom. The van der Waals surface area contributed by atoms with E-state index in [4.69, 9.17) is 13.9 Å². The number of hydrogen-bond donors (Lipinski definition) is 1. The quantitative estimate of drug-likeness (QED) is 0.517. The normalized spacial score (nSPS) is 14.4. The first-order chi connectivity index (χ1) is 15.6. The van der Waals surface area contributed by atoms with E-state index in [9.17, 15) is 9.59 Å². The number of carbonyl (C=O) groups is 2. The number of fused-ring (bicyclic) bond motifs is 1. The van der Waals surface area contributed by atoms with Gasteiger partial charge in [-0.25, -0.2) is 4.79 Å². The summed E-state index contributed by atoms with van der Waals surface area (Å²) < 4.78 is 16.3. The topological polar surface area (TPSA) is 81.0 Å². The van der Waals surface area contributed by atoms with E-state index in [2.05, 4.69) is 10.2 Å². The van der Waals surface area contributed by atoms with Crippen molar-refractivity contribution in [2.75, 3.05) is 44.5 Å². The fourth-order valence-corrected chi connectivity index (χ4v) is 4.23. The summed E-state index contributed by atoms with van der Waals surface area (Å²) in [4.78, 5) is 27.2. The summed E-state index contributed by atoms with van der Waals surface area (Å²) in [5.41, 5.74) is 3.24. The average Bonchev–Trinajstić information content (AvgIpc) is 3.18. The fraction of sp³-hybridized carbons (Fsp3) is 0.333. The summed E-state index contributed by atoms with van der Waals surface area (Å²) in [5.74, 6) is -0.270. The first kappa shape index (κ1) is 22.4. The largest absolute Gasteiger partial charge is 0.450 e. The van der Waals surface area contributed by atoms with Crippen LogP contribution in [0.4, 0.5) is 5.69 Å². The number of anilines is 1. The highest BCUT2D eigenvalue weighted by atomic mass is 32.2. The minimum atomic E-state index is -0.638. The molecule has 1 amide bonds. The Morgan fingerprint density at radius 2 is 1.84 bits per heavy atom. The molecule has 3 aromatic rings. The number of rotatable bonds is 8. The monoisotopic (exact) mass is 454 g/mol. The molecule has 7 nitrogen and oxygen atoms in total. The van der Waals surface area contributed by atoms with Gasteiger partial charge >= 0.3 is 5.97 Å². The molecule has 1 N–H and O–H groups in total. The van der Waals surface area contributed by atoms with Crippen molar-refractivity contribution in [1.82, 2.24) is 4.90 Å².